The Morgan fingerprint density at radius 3 is 2.39 bits per heavy atom. The van der Waals surface area contributed by atoms with Crippen LogP contribution in [0.3, 0.4) is 0 Å². The summed E-state index contributed by atoms with van der Waals surface area (Å²) < 4.78 is 18.6. The lowest BCUT2D eigenvalue weighted by molar-refractivity contribution is 0.102. The monoisotopic (exact) mass is 445 g/mol. The third-order valence-electron chi connectivity index (χ3n) is 4.19. The number of hydrogen-bond acceptors (Lipinski definition) is 5. The van der Waals surface area contributed by atoms with Gasteiger partial charge in [0.1, 0.15) is 11.6 Å². The second-order valence-electron chi connectivity index (χ2n) is 5.83. The topological polar surface area (TPSA) is 74.6 Å². The quantitative estimate of drug-likeness (QED) is 0.595. The molecule has 146 valence electrons. The fourth-order valence-electron chi connectivity index (χ4n) is 2.74. The lowest BCUT2D eigenvalue weighted by Gasteiger charge is -2.15. The highest BCUT2D eigenvalue weighted by molar-refractivity contribution is 9.10. The largest absolute Gasteiger partial charge is 0.496 e. The molecular weight excluding hydrogens is 426 g/mol. The van der Waals surface area contributed by atoms with Crippen molar-refractivity contribution in [3.8, 4) is 17.2 Å². The number of methoxy groups -OCH3 is 3. The standard InChI is InChI=1S/C20H20BrN3O4/c1-26-16-11-18(28-3)17(27-2)10-14(16)20(25)23-19-8-9-22-24(19)12-13-6-4-5-7-15(13)21/h4-11H,12H2,1-3H3,(H,23,25). The van der Waals surface area contributed by atoms with Gasteiger partial charge in [-0.2, -0.15) is 5.10 Å². The zero-order valence-electron chi connectivity index (χ0n) is 15.7. The van der Waals surface area contributed by atoms with E-state index in [-0.39, 0.29) is 5.91 Å². The van der Waals surface area contributed by atoms with Gasteiger partial charge in [-0.3, -0.25) is 4.79 Å². The van der Waals surface area contributed by atoms with Gasteiger partial charge >= 0.3 is 0 Å². The van der Waals surface area contributed by atoms with Crippen LogP contribution in [0.5, 0.6) is 17.2 Å². The molecule has 1 amide bonds. The number of ether oxygens (including phenoxy) is 3. The molecule has 0 aliphatic heterocycles. The maximum Gasteiger partial charge on any atom is 0.260 e. The van der Waals surface area contributed by atoms with E-state index in [2.05, 4.69) is 26.3 Å². The minimum absolute atomic E-state index is 0.328. The van der Waals surface area contributed by atoms with Crippen molar-refractivity contribution in [1.82, 2.24) is 9.78 Å². The number of carbonyl (C=O) groups excluding carboxylic acids is 1. The highest BCUT2D eigenvalue weighted by Gasteiger charge is 2.19. The molecule has 0 saturated heterocycles. The Morgan fingerprint density at radius 2 is 1.71 bits per heavy atom. The van der Waals surface area contributed by atoms with Crippen LogP contribution in [0.1, 0.15) is 15.9 Å². The number of halogens is 1. The first-order valence-corrected chi connectivity index (χ1v) is 9.23. The number of anilines is 1. The summed E-state index contributed by atoms with van der Waals surface area (Å²) in [5.41, 5.74) is 1.37. The summed E-state index contributed by atoms with van der Waals surface area (Å²) >= 11 is 3.53. The first kappa shape index (κ1) is 19.8. The Morgan fingerprint density at radius 1 is 1.04 bits per heavy atom. The van der Waals surface area contributed by atoms with E-state index >= 15 is 0 Å². The Balaban J connectivity index is 1.87. The third kappa shape index (κ3) is 4.12. The van der Waals surface area contributed by atoms with E-state index in [1.165, 1.54) is 21.3 Å². The van der Waals surface area contributed by atoms with Gasteiger partial charge in [0, 0.05) is 22.7 Å². The molecule has 0 saturated carbocycles. The summed E-state index contributed by atoms with van der Waals surface area (Å²) in [7, 11) is 4.53. The van der Waals surface area contributed by atoms with E-state index in [1.54, 1.807) is 29.1 Å². The molecule has 7 nitrogen and oxygen atoms in total. The molecule has 1 N–H and O–H groups in total. The molecule has 3 aromatic rings. The molecular formula is C20H20BrN3O4. The second-order valence-corrected chi connectivity index (χ2v) is 6.68. The predicted octanol–water partition coefficient (Wildman–Crippen LogP) is 3.97. The summed E-state index contributed by atoms with van der Waals surface area (Å²) in [6.07, 6.45) is 1.64. The van der Waals surface area contributed by atoms with Crippen LogP contribution in [-0.4, -0.2) is 37.0 Å². The number of carbonyl (C=O) groups is 1. The van der Waals surface area contributed by atoms with Crippen molar-refractivity contribution in [2.45, 2.75) is 6.54 Å². The van der Waals surface area contributed by atoms with Crippen LogP contribution in [0.4, 0.5) is 5.82 Å². The number of nitrogens with zero attached hydrogens (tertiary/aromatic N) is 2. The number of hydrogen-bond donors (Lipinski definition) is 1. The summed E-state index contributed by atoms with van der Waals surface area (Å²) in [5, 5.41) is 7.19. The van der Waals surface area contributed by atoms with Crippen LogP contribution in [0.25, 0.3) is 0 Å². The van der Waals surface area contributed by atoms with Gasteiger partial charge in [-0.1, -0.05) is 34.1 Å². The van der Waals surface area contributed by atoms with Gasteiger partial charge in [-0.25, -0.2) is 4.68 Å². The molecule has 1 heterocycles. The van der Waals surface area contributed by atoms with E-state index < -0.39 is 0 Å². The number of nitrogens with one attached hydrogen (secondary N) is 1. The van der Waals surface area contributed by atoms with Crippen LogP contribution in [0.2, 0.25) is 0 Å². The van der Waals surface area contributed by atoms with Crippen LogP contribution < -0.4 is 19.5 Å². The lowest BCUT2D eigenvalue weighted by atomic mass is 10.1. The van der Waals surface area contributed by atoms with Crippen molar-refractivity contribution in [3.05, 3.63) is 64.3 Å². The lowest BCUT2D eigenvalue weighted by Crippen LogP contribution is -2.17. The molecule has 0 spiro atoms. The zero-order valence-corrected chi connectivity index (χ0v) is 17.3. The maximum absolute atomic E-state index is 12.9. The van der Waals surface area contributed by atoms with Gasteiger partial charge in [-0.15, -0.1) is 0 Å². The van der Waals surface area contributed by atoms with Gasteiger partial charge in [0.15, 0.2) is 11.5 Å². The number of aromatic nitrogens is 2. The Hall–Kier alpha value is -3.00. The number of amides is 1. The molecule has 1 aromatic heterocycles. The Bertz CT molecular complexity index is 987. The van der Waals surface area contributed by atoms with Crippen LogP contribution in [0.15, 0.2) is 53.1 Å². The van der Waals surface area contributed by atoms with Crippen molar-refractivity contribution in [3.63, 3.8) is 0 Å². The van der Waals surface area contributed by atoms with Crippen LogP contribution in [-0.2, 0) is 6.54 Å². The molecule has 28 heavy (non-hydrogen) atoms. The van der Waals surface area contributed by atoms with Gasteiger partial charge in [0.25, 0.3) is 5.91 Å². The number of rotatable bonds is 7. The van der Waals surface area contributed by atoms with Gasteiger partial charge in [0.05, 0.1) is 39.6 Å². The van der Waals surface area contributed by atoms with Crippen molar-refractivity contribution < 1.29 is 19.0 Å². The normalized spacial score (nSPS) is 10.4. The highest BCUT2D eigenvalue weighted by atomic mass is 79.9. The average molecular weight is 446 g/mol. The maximum atomic E-state index is 12.9. The first-order chi connectivity index (χ1) is 13.6. The summed E-state index contributed by atoms with van der Waals surface area (Å²) in [6.45, 7) is 0.507. The van der Waals surface area contributed by atoms with E-state index in [4.69, 9.17) is 14.2 Å². The van der Waals surface area contributed by atoms with E-state index in [0.29, 0.717) is 35.2 Å². The molecule has 0 atom stereocenters. The van der Waals surface area contributed by atoms with Crippen molar-refractivity contribution in [1.29, 1.82) is 0 Å². The van der Waals surface area contributed by atoms with Gasteiger partial charge in [0.2, 0.25) is 0 Å². The first-order valence-electron chi connectivity index (χ1n) is 8.44. The van der Waals surface area contributed by atoms with Crippen molar-refractivity contribution in [2.24, 2.45) is 0 Å². The second kappa shape index (κ2) is 8.79. The Kier molecular flexibility index (Phi) is 6.20. The molecule has 0 fully saturated rings. The summed E-state index contributed by atoms with van der Waals surface area (Å²) in [4.78, 5) is 12.9. The smallest absolute Gasteiger partial charge is 0.260 e. The summed E-state index contributed by atoms with van der Waals surface area (Å²) in [6, 6.07) is 12.8. The Labute approximate surface area is 171 Å². The molecule has 0 unspecified atom stereocenters. The summed E-state index contributed by atoms with van der Waals surface area (Å²) in [5.74, 6) is 1.53. The van der Waals surface area contributed by atoms with E-state index in [1.807, 2.05) is 24.3 Å². The van der Waals surface area contributed by atoms with Gasteiger partial charge < -0.3 is 19.5 Å². The molecule has 0 bridgehead atoms. The molecule has 0 aliphatic carbocycles. The highest BCUT2D eigenvalue weighted by Crippen LogP contribution is 2.35. The minimum atomic E-state index is -0.341. The van der Waals surface area contributed by atoms with Gasteiger partial charge in [-0.05, 0) is 11.6 Å². The third-order valence-corrected chi connectivity index (χ3v) is 4.96. The SMILES string of the molecule is COc1cc(OC)c(C(=O)Nc2ccnn2Cc2ccccc2Br)cc1OC. The predicted molar refractivity (Wildman–Crippen MR) is 110 cm³/mol. The minimum Gasteiger partial charge on any atom is -0.496 e. The molecule has 3 rings (SSSR count). The molecule has 2 aromatic carbocycles. The fourth-order valence-corrected chi connectivity index (χ4v) is 3.15. The fraction of sp³-hybridized carbons (Fsp3) is 0.200. The van der Waals surface area contributed by atoms with Crippen LogP contribution >= 0.6 is 15.9 Å². The number of benzene rings is 2. The van der Waals surface area contributed by atoms with E-state index in [9.17, 15) is 4.79 Å². The average Bonchev–Trinajstić information content (AvgIpc) is 3.15. The molecule has 8 heteroatoms. The van der Waals surface area contributed by atoms with E-state index in [0.717, 1.165) is 10.0 Å². The molecule has 0 aliphatic rings. The zero-order chi connectivity index (χ0) is 20.1. The van der Waals surface area contributed by atoms with Crippen molar-refractivity contribution >= 4 is 27.7 Å². The molecule has 0 radical (unpaired) electrons. The van der Waals surface area contributed by atoms with Crippen molar-refractivity contribution in [2.75, 3.05) is 26.6 Å². The van der Waals surface area contributed by atoms with Crippen LogP contribution in [0, 0.1) is 0 Å².